The number of methoxy groups -OCH3 is 1. The van der Waals surface area contributed by atoms with Crippen LogP contribution in [0.2, 0.25) is 0 Å². The smallest absolute Gasteiger partial charge is 0.411 e. The number of rotatable bonds is 8. The van der Waals surface area contributed by atoms with E-state index in [0.717, 1.165) is 32.8 Å². The summed E-state index contributed by atoms with van der Waals surface area (Å²) in [6.07, 6.45) is 1.10. The van der Waals surface area contributed by atoms with Gasteiger partial charge >= 0.3 is 13.7 Å². The molecule has 0 aliphatic rings. The van der Waals surface area contributed by atoms with Crippen molar-refractivity contribution in [1.82, 2.24) is 4.98 Å². The Kier molecular flexibility index (Phi) is 7.61. The van der Waals surface area contributed by atoms with Crippen LogP contribution >= 0.6 is 7.60 Å². The van der Waals surface area contributed by atoms with Crippen LogP contribution in [0.5, 0.6) is 0 Å². The predicted molar refractivity (Wildman–Crippen MR) is 141 cm³/mol. The molecule has 0 atom stereocenters. The fourth-order valence-electron chi connectivity index (χ4n) is 3.90. The van der Waals surface area contributed by atoms with E-state index in [2.05, 4.69) is 23.5 Å². The Morgan fingerprint density at radius 2 is 1.69 bits per heavy atom. The summed E-state index contributed by atoms with van der Waals surface area (Å²) in [5.74, 6) is 1.44. The van der Waals surface area contributed by atoms with Crippen molar-refractivity contribution in [2.24, 2.45) is 0 Å². The lowest BCUT2D eigenvalue weighted by Gasteiger charge is -2.14. The molecular formula is C27H27N2O5P. The normalized spacial score (nSPS) is 11.9. The average Bonchev–Trinajstić information content (AvgIpc) is 2.87. The van der Waals surface area contributed by atoms with Gasteiger partial charge < -0.3 is 13.8 Å². The van der Waals surface area contributed by atoms with Gasteiger partial charge in [-0.25, -0.2) is 9.78 Å². The van der Waals surface area contributed by atoms with Gasteiger partial charge in [-0.05, 0) is 54.5 Å². The van der Waals surface area contributed by atoms with E-state index in [1.807, 2.05) is 48.5 Å². The number of fused-ring (bicyclic) bond motifs is 2. The molecule has 0 fully saturated rings. The summed E-state index contributed by atoms with van der Waals surface area (Å²) in [4.78, 5) is 16.8. The summed E-state index contributed by atoms with van der Waals surface area (Å²) in [5, 5.41) is 5.74. The highest BCUT2D eigenvalue weighted by Gasteiger charge is 2.19. The number of carbonyl (C=O) groups is 1. The van der Waals surface area contributed by atoms with Crippen molar-refractivity contribution >= 4 is 47.1 Å². The van der Waals surface area contributed by atoms with Crippen LogP contribution in [0.15, 0.2) is 72.5 Å². The quantitative estimate of drug-likeness (QED) is 0.258. The van der Waals surface area contributed by atoms with Gasteiger partial charge in [-0.1, -0.05) is 48.5 Å². The molecule has 1 heterocycles. The van der Waals surface area contributed by atoms with Crippen LogP contribution in [-0.2, 0) is 18.3 Å². The van der Waals surface area contributed by atoms with E-state index in [4.69, 9.17) is 18.8 Å². The molecule has 1 aromatic heterocycles. The minimum Gasteiger partial charge on any atom is -0.453 e. The van der Waals surface area contributed by atoms with E-state index in [1.54, 1.807) is 19.9 Å². The summed E-state index contributed by atoms with van der Waals surface area (Å²) in [7, 11) is -2.03. The molecule has 0 saturated heterocycles. The van der Waals surface area contributed by atoms with Gasteiger partial charge in [0.25, 0.3) is 0 Å². The highest BCUT2D eigenvalue weighted by atomic mass is 31.2. The Morgan fingerprint density at radius 3 is 2.43 bits per heavy atom. The van der Waals surface area contributed by atoms with Crippen molar-refractivity contribution in [1.29, 1.82) is 0 Å². The van der Waals surface area contributed by atoms with Gasteiger partial charge in [-0.15, -0.1) is 0 Å². The topological polar surface area (TPSA) is 86.8 Å². The van der Waals surface area contributed by atoms with E-state index in [-0.39, 0.29) is 13.2 Å². The summed E-state index contributed by atoms with van der Waals surface area (Å²) in [6, 6.07) is 21.6. The van der Waals surface area contributed by atoms with Crippen LogP contribution < -0.4 is 5.32 Å². The van der Waals surface area contributed by atoms with Gasteiger partial charge in [0.1, 0.15) is 0 Å². The Hall–Kier alpha value is -3.51. The number of hydrogen-bond donors (Lipinski definition) is 1. The maximum atomic E-state index is 12.8. The van der Waals surface area contributed by atoms with E-state index < -0.39 is 13.7 Å². The molecule has 0 aliphatic heterocycles. The standard InChI is InChI=1S/C27H27N2O5P/c1-4-33-35(31,34-5-2)16-15-21-14-13-20-17-22(29-27(30)32-3)18-25(26(20)28-21)24-12-8-10-19-9-6-7-11-23(19)24/h6-18H,4-5H2,1-3H3,(H,29,30). The molecule has 35 heavy (non-hydrogen) atoms. The highest BCUT2D eigenvalue weighted by Crippen LogP contribution is 2.50. The molecule has 1 amide bonds. The molecular weight excluding hydrogens is 463 g/mol. The first-order valence-electron chi connectivity index (χ1n) is 11.3. The van der Waals surface area contributed by atoms with Crippen molar-refractivity contribution < 1.29 is 23.1 Å². The molecule has 7 nitrogen and oxygen atoms in total. The van der Waals surface area contributed by atoms with Gasteiger partial charge in [0.2, 0.25) is 0 Å². The Morgan fingerprint density at radius 1 is 0.943 bits per heavy atom. The maximum Gasteiger partial charge on any atom is 0.411 e. The number of benzene rings is 3. The monoisotopic (exact) mass is 490 g/mol. The summed E-state index contributed by atoms with van der Waals surface area (Å²) >= 11 is 0. The lowest BCUT2D eigenvalue weighted by Crippen LogP contribution is -2.11. The van der Waals surface area contributed by atoms with Crippen LogP contribution in [0.25, 0.3) is 38.9 Å². The third-order valence-corrected chi connectivity index (χ3v) is 7.12. The zero-order valence-electron chi connectivity index (χ0n) is 19.9. The van der Waals surface area contributed by atoms with Gasteiger partial charge in [-0.3, -0.25) is 9.88 Å². The van der Waals surface area contributed by atoms with E-state index in [0.29, 0.717) is 11.4 Å². The van der Waals surface area contributed by atoms with Gasteiger partial charge in [0.05, 0.1) is 31.5 Å². The maximum absolute atomic E-state index is 12.8. The molecule has 0 spiro atoms. The number of anilines is 1. The van der Waals surface area contributed by atoms with Crippen LogP contribution in [0.3, 0.4) is 0 Å². The van der Waals surface area contributed by atoms with Gasteiger partial charge in [-0.2, -0.15) is 0 Å². The zero-order valence-corrected chi connectivity index (χ0v) is 20.7. The van der Waals surface area contributed by atoms with Gasteiger partial charge in [0, 0.05) is 22.5 Å². The summed E-state index contributed by atoms with van der Waals surface area (Å²) in [5.41, 5.74) is 3.76. The summed E-state index contributed by atoms with van der Waals surface area (Å²) < 4.78 is 28.3. The van der Waals surface area contributed by atoms with Crippen molar-refractivity contribution in [3.63, 3.8) is 0 Å². The van der Waals surface area contributed by atoms with Crippen LogP contribution in [0, 0.1) is 0 Å². The number of ether oxygens (including phenoxy) is 1. The fourth-order valence-corrected chi connectivity index (χ4v) is 5.20. The molecule has 1 N–H and O–H groups in total. The number of carbonyl (C=O) groups excluding carboxylic acids is 1. The Balaban J connectivity index is 1.89. The lowest BCUT2D eigenvalue weighted by atomic mass is 9.95. The number of nitrogens with zero attached hydrogens (tertiary/aromatic N) is 1. The molecule has 0 bridgehead atoms. The molecule has 4 rings (SSSR count). The Bertz CT molecular complexity index is 1440. The second kappa shape index (κ2) is 10.8. The molecule has 0 unspecified atom stereocenters. The third-order valence-electron chi connectivity index (χ3n) is 5.37. The number of pyridine rings is 1. The molecule has 0 radical (unpaired) electrons. The SMILES string of the molecule is CCOP(=O)(C=Cc1ccc2cc(NC(=O)OC)cc(-c3cccc4ccccc34)c2n1)OCC. The number of amides is 1. The van der Waals surface area contributed by atoms with Crippen molar-refractivity contribution in [2.45, 2.75) is 13.8 Å². The van der Waals surface area contributed by atoms with Crippen LogP contribution in [-0.4, -0.2) is 31.4 Å². The van der Waals surface area contributed by atoms with E-state index in [1.165, 1.54) is 12.9 Å². The first kappa shape index (κ1) is 24.6. The lowest BCUT2D eigenvalue weighted by molar-refractivity contribution is 0.187. The van der Waals surface area contributed by atoms with E-state index >= 15 is 0 Å². The minimum absolute atomic E-state index is 0.272. The molecule has 4 aromatic rings. The summed E-state index contributed by atoms with van der Waals surface area (Å²) in [6.45, 7) is 4.08. The Labute approximate surface area is 204 Å². The highest BCUT2D eigenvalue weighted by molar-refractivity contribution is 7.57. The zero-order chi connectivity index (χ0) is 24.8. The van der Waals surface area contributed by atoms with Crippen LogP contribution in [0.1, 0.15) is 19.5 Å². The van der Waals surface area contributed by atoms with E-state index in [9.17, 15) is 9.36 Å². The second-order valence-corrected chi connectivity index (χ2v) is 9.56. The molecule has 0 aliphatic carbocycles. The van der Waals surface area contributed by atoms with Crippen LogP contribution in [0.4, 0.5) is 10.5 Å². The second-order valence-electron chi connectivity index (χ2n) is 7.67. The molecule has 0 saturated carbocycles. The van der Waals surface area contributed by atoms with Gasteiger partial charge in [0.15, 0.2) is 0 Å². The largest absolute Gasteiger partial charge is 0.453 e. The van der Waals surface area contributed by atoms with Crippen molar-refractivity contribution in [2.75, 3.05) is 25.6 Å². The predicted octanol–water partition coefficient (Wildman–Crippen LogP) is 7.47. The third kappa shape index (κ3) is 5.60. The number of aromatic nitrogens is 1. The first-order chi connectivity index (χ1) is 17.0. The first-order valence-corrected chi connectivity index (χ1v) is 12.9. The fraction of sp³-hybridized carbons (Fsp3) is 0.185. The molecule has 180 valence electrons. The number of nitrogens with one attached hydrogen (secondary N) is 1. The van der Waals surface area contributed by atoms with Crippen molar-refractivity contribution in [3.05, 3.63) is 78.2 Å². The average molecular weight is 490 g/mol. The number of hydrogen-bond acceptors (Lipinski definition) is 6. The van der Waals surface area contributed by atoms with Crippen molar-refractivity contribution in [3.8, 4) is 11.1 Å². The minimum atomic E-state index is -3.36. The molecule has 3 aromatic carbocycles. The molecule has 8 heteroatoms.